The number of hydrogen-bond acceptors (Lipinski definition) is 5. The summed E-state index contributed by atoms with van der Waals surface area (Å²) in [6.07, 6.45) is 3.01. The van der Waals surface area contributed by atoms with Gasteiger partial charge in [-0.1, -0.05) is 19.9 Å². The Hall–Kier alpha value is -2.63. The topological polar surface area (TPSA) is 76.1 Å². The van der Waals surface area contributed by atoms with Gasteiger partial charge in [0.15, 0.2) is 0 Å². The van der Waals surface area contributed by atoms with E-state index in [2.05, 4.69) is 34.4 Å². The molecule has 1 amide bonds. The summed E-state index contributed by atoms with van der Waals surface area (Å²) in [4.78, 5) is 20.4. The van der Waals surface area contributed by atoms with Gasteiger partial charge >= 0.3 is 0 Å². The maximum Gasteiger partial charge on any atom is 0.258 e. The zero-order valence-electron chi connectivity index (χ0n) is 13.0. The second-order valence-electron chi connectivity index (χ2n) is 5.26. The Kier molecular flexibility index (Phi) is 5.30. The van der Waals surface area contributed by atoms with Gasteiger partial charge in [0.25, 0.3) is 5.91 Å². The number of benzene rings is 1. The summed E-state index contributed by atoms with van der Waals surface area (Å²) >= 11 is 0. The SMILES string of the molecule is COc1cccc(NC(=O)c2cnc(NCC(C)C)nc2)c1. The monoisotopic (exact) mass is 300 g/mol. The maximum atomic E-state index is 12.1. The van der Waals surface area contributed by atoms with Crippen molar-refractivity contribution in [3.05, 3.63) is 42.2 Å². The van der Waals surface area contributed by atoms with Crippen molar-refractivity contribution in [1.29, 1.82) is 0 Å². The molecule has 6 heteroatoms. The van der Waals surface area contributed by atoms with Crippen LogP contribution in [0.4, 0.5) is 11.6 Å². The number of carbonyl (C=O) groups is 1. The maximum absolute atomic E-state index is 12.1. The fourth-order valence-electron chi connectivity index (χ4n) is 1.74. The molecule has 0 aliphatic rings. The van der Waals surface area contributed by atoms with E-state index in [0.717, 1.165) is 6.54 Å². The number of nitrogens with one attached hydrogen (secondary N) is 2. The van der Waals surface area contributed by atoms with E-state index in [9.17, 15) is 4.79 Å². The van der Waals surface area contributed by atoms with Crippen LogP contribution in [-0.2, 0) is 0 Å². The van der Waals surface area contributed by atoms with E-state index in [-0.39, 0.29) is 5.91 Å². The van der Waals surface area contributed by atoms with Crippen LogP contribution >= 0.6 is 0 Å². The molecule has 0 radical (unpaired) electrons. The van der Waals surface area contributed by atoms with Crippen LogP contribution in [0.3, 0.4) is 0 Å². The van der Waals surface area contributed by atoms with Crippen LogP contribution in [0.2, 0.25) is 0 Å². The van der Waals surface area contributed by atoms with E-state index in [4.69, 9.17) is 4.74 Å². The zero-order chi connectivity index (χ0) is 15.9. The van der Waals surface area contributed by atoms with Crippen LogP contribution in [0.5, 0.6) is 5.75 Å². The summed E-state index contributed by atoms with van der Waals surface area (Å²) in [6.45, 7) is 4.99. The van der Waals surface area contributed by atoms with E-state index in [1.54, 1.807) is 19.2 Å². The van der Waals surface area contributed by atoms with Crippen molar-refractivity contribution >= 4 is 17.5 Å². The van der Waals surface area contributed by atoms with Crippen molar-refractivity contribution in [3.8, 4) is 5.75 Å². The molecule has 0 spiro atoms. The quantitative estimate of drug-likeness (QED) is 0.858. The van der Waals surface area contributed by atoms with Crippen molar-refractivity contribution in [3.63, 3.8) is 0 Å². The molecule has 0 unspecified atom stereocenters. The molecule has 0 bridgehead atoms. The average Bonchev–Trinajstić information content (AvgIpc) is 2.53. The van der Waals surface area contributed by atoms with E-state index in [0.29, 0.717) is 28.9 Å². The van der Waals surface area contributed by atoms with Crippen molar-refractivity contribution in [2.75, 3.05) is 24.3 Å². The van der Waals surface area contributed by atoms with E-state index >= 15 is 0 Å². The fraction of sp³-hybridized carbons (Fsp3) is 0.312. The molecule has 0 saturated carbocycles. The van der Waals surface area contributed by atoms with E-state index in [1.807, 2.05) is 12.1 Å². The number of anilines is 2. The number of methoxy groups -OCH3 is 1. The highest BCUT2D eigenvalue weighted by Gasteiger charge is 2.08. The largest absolute Gasteiger partial charge is 0.497 e. The van der Waals surface area contributed by atoms with Gasteiger partial charge in [0.2, 0.25) is 5.95 Å². The molecule has 6 nitrogen and oxygen atoms in total. The predicted octanol–water partition coefficient (Wildman–Crippen LogP) is 2.81. The molecular weight excluding hydrogens is 280 g/mol. The number of nitrogens with zero attached hydrogens (tertiary/aromatic N) is 2. The summed E-state index contributed by atoms with van der Waals surface area (Å²) in [6, 6.07) is 7.16. The molecular formula is C16H20N4O2. The molecule has 0 aliphatic carbocycles. The Morgan fingerprint density at radius 2 is 2.00 bits per heavy atom. The van der Waals surface area contributed by atoms with Crippen molar-refractivity contribution in [2.24, 2.45) is 5.92 Å². The summed E-state index contributed by atoms with van der Waals surface area (Å²) in [5.41, 5.74) is 1.06. The van der Waals surface area contributed by atoms with Gasteiger partial charge < -0.3 is 15.4 Å². The number of ether oxygens (including phenoxy) is 1. The lowest BCUT2D eigenvalue weighted by Crippen LogP contribution is -2.14. The Labute approximate surface area is 129 Å². The van der Waals surface area contributed by atoms with E-state index in [1.165, 1.54) is 12.4 Å². The minimum absolute atomic E-state index is 0.260. The first kappa shape index (κ1) is 15.8. The molecule has 22 heavy (non-hydrogen) atoms. The lowest BCUT2D eigenvalue weighted by Gasteiger charge is -2.08. The summed E-state index contributed by atoms with van der Waals surface area (Å²) < 4.78 is 5.12. The van der Waals surface area contributed by atoms with Crippen LogP contribution in [0.15, 0.2) is 36.7 Å². The third kappa shape index (κ3) is 4.44. The average molecular weight is 300 g/mol. The van der Waals surface area contributed by atoms with Gasteiger partial charge in [-0.05, 0) is 18.1 Å². The summed E-state index contributed by atoms with van der Waals surface area (Å²) in [7, 11) is 1.58. The van der Waals surface area contributed by atoms with Crippen LogP contribution in [0, 0.1) is 5.92 Å². The zero-order valence-corrected chi connectivity index (χ0v) is 13.0. The first-order valence-corrected chi connectivity index (χ1v) is 7.10. The van der Waals surface area contributed by atoms with Gasteiger partial charge in [-0.3, -0.25) is 4.79 Å². The van der Waals surface area contributed by atoms with Gasteiger partial charge in [-0.15, -0.1) is 0 Å². The molecule has 116 valence electrons. The summed E-state index contributed by atoms with van der Waals surface area (Å²) in [5, 5.41) is 5.89. The second kappa shape index (κ2) is 7.40. The molecule has 2 N–H and O–H groups in total. The van der Waals surface area contributed by atoms with Gasteiger partial charge in [0.1, 0.15) is 5.75 Å². The second-order valence-corrected chi connectivity index (χ2v) is 5.26. The molecule has 0 saturated heterocycles. The van der Waals surface area contributed by atoms with Gasteiger partial charge in [0.05, 0.1) is 12.7 Å². The number of carbonyl (C=O) groups excluding carboxylic acids is 1. The minimum Gasteiger partial charge on any atom is -0.497 e. The highest BCUT2D eigenvalue weighted by molar-refractivity contribution is 6.03. The molecule has 0 aliphatic heterocycles. The third-order valence-electron chi connectivity index (χ3n) is 2.91. The standard InChI is InChI=1S/C16H20N4O2/c1-11(2)8-17-16-18-9-12(10-19-16)15(21)20-13-5-4-6-14(7-13)22-3/h4-7,9-11H,8H2,1-3H3,(H,20,21)(H,17,18,19). The first-order valence-electron chi connectivity index (χ1n) is 7.10. The number of aromatic nitrogens is 2. The fourth-order valence-corrected chi connectivity index (χ4v) is 1.74. The molecule has 1 heterocycles. The first-order chi connectivity index (χ1) is 10.6. The van der Waals surface area contributed by atoms with E-state index < -0.39 is 0 Å². The molecule has 1 aromatic carbocycles. The van der Waals surface area contributed by atoms with Crippen LogP contribution < -0.4 is 15.4 Å². The highest BCUT2D eigenvalue weighted by atomic mass is 16.5. The van der Waals surface area contributed by atoms with Crippen molar-refractivity contribution in [1.82, 2.24) is 9.97 Å². The van der Waals surface area contributed by atoms with Crippen LogP contribution in [0.1, 0.15) is 24.2 Å². The lowest BCUT2D eigenvalue weighted by atomic mass is 10.2. The van der Waals surface area contributed by atoms with Gasteiger partial charge in [-0.2, -0.15) is 0 Å². The molecule has 0 atom stereocenters. The molecule has 2 rings (SSSR count). The third-order valence-corrected chi connectivity index (χ3v) is 2.91. The Balaban J connectivity index is 2.00. The number of hydrogen-bond donors (Lipinski definition) is 2. The molecule has 2 aromatic rings. The minimum atomic E-state index is -0.260. The highest BCUT2D eigenvalue weighted by Crippen LogP contribution is 2.17. The van der Waals surface area contributed by atoms with Crippen LogP contribution in [0.25, 0.3) is 0 Å². The van der Waals surface area contributed by atoms with Crippen molar-refractivity contribution in [2.45, 2.75) is 13.8 Å². The molecule has 1 aromatic heterocycles. The lowest BCUT2D eigenvalue weighted by molar-refractivity contribution is 0.102. The Bertz CT molecular complexity index is 626. The predicted molar refractivity (Wildman–Crippen MR) is 86.3 cm³/mol. The van der Waals surface area contributed by atoms with Crippen molar-refractivity contribution < 1.29 is 9.53 Å². The molecule has 0 fully saturated rings. The number of amides is 1. The van der Waals surface area contributed by atoms with Gasteiger partial charge in [-0.25, -0.2) is 9.97 Å². The van der Waals surface area contributed by atoms with Gasteiger partial charge in [0, 0.05) is 30.7 Å². The smallest absolute Gasteiger partial charge is 0.258 e. The normalized spacial score (nSPS) is 10.4. The van der Waals surface area contributed by atoms with Crippen LogP contribution in [-0.4, -0.2) is 29.5 Å². The number of rotatable bonds is 6. The summed E-state index contributed by atoms with van der Waals surface area (Å²) in [5.74, 6) is 1.44. The Morgan fingerprint density at radius 3 is 2.64 bits per heavy atom. The Morgan fingerprint density at radius 1 is 1.27 bits per heavy atom.